The molecule has 0 aliphatic heterocycles. The highest BCUT2D eigenvalue weighted by Crippen LogP contribution is 2.27. The number of benzene rings is 2. The maximum absolute atomic E-state index is 8.97. The average Bonchev–Trinajstić information content (AvgIpc) is 3.10. The van der Waals surface area contributed by atoms with Crippen LogP contribution >= 0.6 is 23.2 Å². The Morgan fingerprint density at radius 2 is 1.96 bits per heavy atom. The van der Waals surface area contributed by atoms with Crippen molar-refractivity contribution in [2.24, 2.45) is 0 Å². The molecule has 0 radical (unpaired) electrons. The molecule has 0 aliphatic carbocycles. The molecule has 3 nitrogen and oxygen atoms in total. The van der Waals surface area contributed by atoms with E-state index in [1.54, 1.807) is 30.7 Å². The second-order valence-electron chi connectivity index (χ2n) is 5.26. The minimum atomic E-state index is 0.597. The van der Waals surface area contributed by atoms with Crippen LogP contribution < -0.4 is 0 Å². The summed E-state index contributed by atoms with van der Waals surface area (Å²) in [5.41, 5.74) is 3.60. The van der Waals surface area contributed by atoms with Gasteiger partial charge in [-0.05, 0) is 47.0 Å². The summed E-state index contributed by atoms with van der Waals surface area (Å²) in [4.78, 5) is 4.08. The van der Waals surface area contributed by atoms with Crippen LogP contribution in [0.5, 0.6) is 0 Å². The number of hydrogen-bond acceptors (Lipinski definition) is 2. The molecular weight excluding hydrogens is 341 g/mol. The van der Waals surface area contributed by atoms with Crippen LogP contribution in [-0.2, 0) is 6.54 Å². The largest absolute Gasteiger partial charge is 0.333 e. The summed E-state index contributed by atoms with van der Waals surface area (Å²) in [5, 5.41) is 10.2. The first-order valence-electron chi connectivity index (χ1n) is 7.27. The van der Waals surface area contributed by atoms with Crippen LogP contribution in [0.4, 0.5) is 0 Å². The van der Waals surface area contributed by atoms with Crippen molar-refractivity contribution in [1.82, 2.24) is 9.55 Å². The third-order valence-corrected chi connectivity index (χ3v) is 4.15. The number of hydrogen-bond donors (Lipinski definition) is 0. The van der Waals surface area contributed by atoms with Crippen LogP contribution in [0.2, 0.25) is 10.0 Å². The van der Waals surface area contributed by atoms with E-state index < -0.39 is 0 Å². The van der Waals surface area contributed by atoms with E-state index in [1.807, 2.05) is 41.1 Å². The second kappa shape index (κ2) is 7.35. The van der Waals surface area contributed by atoms with Crippen molar-refractivity contribution >= 4 is 34.9 Å². The molecule has 0 spiro atoms. The molecule has 2 aromatic carbocycles. The summed E-state index contributed by atoms with van der Waals surface area (Å²) in [7, 11) is 0. The fourth-order valence-electron chi connectivity index (χ4n) is 2.36. The lowest BCUT2D eigenvalue weighted by Crippen LogP contribution is -1.98. The average molecular weight is 354 g/mol. The maximum Gasteiger partial charge on any atom is 0.0991 e. The first kappa shape index (κ1) is 16.3. The van der Waals surface area contributed by atoms with E-state index in [4.69, 9.17) is 28.5 Å². The van der Waals surface area contributed by atoms with E-state index in [2.05, 4.69) is 11.1 Å². The number of halogens is 2. The van der Waals surface area contributed by atoms with Gasteiger partial charge in [0.05, 0.1) is 18.0 Å². The van der Waals surface area contributed by atoms with Crippen molar-refractivity contribution in [2.45, 2.75) is 6.54 Å². The lowest BCUT2D eigenvalue weighted by atomic mass is 10.0. The summed E-state index contributed by atoms with van der Waals surface area (Å²) >= 11 is 12.3. The lowest BCUT2D eigenvalue weighted by Gasteiger charge is -2.10. The molecule has 0 unspecified atom stereocenters. The number of allylic oxidation sites excluding steroid dienone is 1. The molecule has 0 atom stereocenters. The molecule has 0 aliphatic rings. The van der Waals surface area contributed by atoms with Gasteiger partial charge in [0.15, 0.2) is 0 Å². The van der Waals surface area contributed by atoms with E-state index in [0.717, 1.165) is 16.7 Å². The van der Waals surface area contributed by atoms with E-state index >= 15 is 0 Å². The highest BCUT2D eigenvalue weighted by atomic mass is 35.5. The monoisotopic (exact) mass is 353 g/mol. The fraction of sp³-hybridized carbons (Fsp3) is 0.0526. The van der Waals surface area contributed by atoms with Crippen LogP contribution in [0.1, 0.15) is 16.7 Å². The first-order valence-corrected chi connectivity index (χ1v) is 8.03. The molecule has 0 saturated carbocycles. The normalized spacial score (nSPS) is 11.3. The van der Waals surface area contributed by atoms with Crippen LogP contribution in [0.15, 0.2) is 61.2 Å². The van der Waals surface area contributed by atoms with E-state index in [0.29, 0.717) is 22.2 Å². The molecule has 0 bridgehead atoms. The summed E-state index contributed by atoms with van der Waals surface area (Å²) < 4.78 is 1.98. The minimum Gasteiger partial charge on any atom is -0.333 e. The van der Waals surface area contributed by atoms with Crippen molar-refractivity contribution in [2.75, 3.05) is 0 Å². The zero-order valence-electron chi connectivity index (χ0n) is 12.7. The van der Waals surface area contributed by atoms with Gasteiger partial charge in [-0.1, -0.05) is 41.4 Å². The molecule has 24 heavy (non-hydrogen) atoms. The van der Waals surface area contributed by atoms with Crippen LogP contribution in [0.3, 0.4) is 0 Å². The van der Waals surface area contributed by atoms with Crippen LogP contribution in [-0.4, -0.2) is 9.55 Å². The van der Waals surface area contributed by atoms with Gasteiger partial charge in [-0.15, -0.1) is 0 Å². The Morgan fingerprint density at radius 3 is 2.58 bits per heavy atom. The van der Waals surface area contributed by atoms with Gasteiger partial charge < -0.3 is 4.57 Å². The Labute approximate surface area is 150 Å². The Kier molecular flexibility index (Phi) is 5.00. The molecule has 0 N–H and O–H groups in total. The summed E-state index contributed by atoms with van der Waals surface area (Å²) in [6.45, 7) is 0.644. The van der Waals surface area contributed by atoms with Crippen molar-refractivity contribution in [1.29, 1.82) is 5.26 Å². The standard InChI is InChI=1S/C19H13Cl2N3/c20-18-6-5-16(19(21)10-18)9-17(12-24-8-7-23-13-24)15-3-1-14(11-22)2-4-15/h1-10,13H,12H2. The van der Waals surface area contributed by atoms with E-state index in [-0.39, 0.29) is 0 Å². The van der Waals surface area contributed by atoms with Crippen molar-refractivity contribution < 1.29 is 0 Å². The quantitative estimate of drug-likeness (QED) is 0.597. The maximum atomic E-state index is 8.97. The fourth-order valence-corrected chi connectivity index (χ4v) is 2.83. The predicted molar refractivity (Wildman–Crippen MR) is 97.7 cm³/mol. The lowest BCUT2D eigenvalue weighted by molar-refractivity contribution is 0.836. The first-order chi connectivity index (χ1) is 11.7. The minimum absolute atomic E-state index is 0.597. The number of nitriles is 1. The van der Waals surface area contributed by atoms with Gasteiger partial charge in [0.25, 0.3) is 0 Å². The molecule has 0 fully saturated rings. The zero-order chi connectivity index (χ0) is 16.9. The molecule has 5 heteroatoms. The Bertz CT molecular complexity index is 905. The number of aromatic nitrogens is 2. The Hall–Kier alpha value is -2.54. The summed E-state index contributed by atoms with van der Waals surface area (Å²) in [6, 6.07) is 15.0. The smallest absolute Gasteiger partial charge is 0.0991 e. The molecule has 3 rings (SSSR count). The number of imidazole rings is 1. The van der Waals surface area contributed by atoms with Gasteiger partial charge in [0.2, 0.25) is 0 Å². The number of nitrogens with zero attached hydrogens (tertiary/aromatic N) is 3. The third kappa shape index (κ3) is 3.86. The Morgan fingerprint density at radius 1 is 1.17 bits per heavy atom. The van der Waals surface area contributed by atoms with Crippen molar-refractivity contribution in [3.8, 4) is 6.07 Å². The van der Waals surface area contributed by atoms with Crippen LogP contribution in [0, 0.1) is 11.3 Å². The van der Waals surface area contributed by atoms with Gasteiger partial charge in [0, 0.05) is 29.0 Å². The molecule has 118 valence electrons. The van der Waals surface area contributed by atoms with Gasteiger partial charge in [-0.25, -0.2) is 4.98 Å². The molecular formula is C19H13Cl2N3. The molecule has 0 amide bonds. The van der Waals surface area contributed by atoms with Crippen LogP contribution in [0.25, 0.3) is 11.6 Å². The van der Waals surface area contributed by atoms with Crippen molar-refractivity contribution in [3.05, 3.63) is 87.9 Å². The Balaban J connectivity index is 2.03. The van der Waals surface area contributed by atoms with Gasteiger partial charge in [0.1, 0.15) is 0 Å². The highest BCUT2D eigenvalue weighted by Gasteiger charge is 2.06. The molecule has 1 aromatic heterocycles. The van der Waals surface area contributed by atoms with E-state index in [1.165, 1.54) is 0 Å². The van der Waals surface area contributed by atoms with Crippen molar-refractivity contribution in [3.63, 3.8) is 0 Å². The number of rotatable bonds is 4. The molecule has 3 aromatic rings. The van der Waals surface area contributed by atoms with Gasteiger partial charge >= 0.3 is 0 Å². The highest BCUT2D eigenvalue weighted by molar-refractivity contribution is 6.35. The predicted octanol–water partition coefficient (Wildman–Crippen LogP) is 5.30. The zero-order valence-corrected chi connectivity index (χ0v) is 14.2. The van der Waals surface area contributed by atoms with Gasteiger partial charge in [-0.2, -0.15) is 5.26 Å². The molecule has 1 heterocycles. The second-order valence-corrected chi connectivity index (χ2v) is 6.10. The van der Waals surface area contributed by atoms with E-state index in [9.17, 15) is 0 Å². The SMILES string of the molecule is N#Cc1ccc(C(=Cc2ccc(Cl)cc2Cl)Cn2ccnc2)cc1. The summed E-state index contributed by atoms with van der Waals surface area (Å²) in [6.07, 6.45) is 7.44. The van der Waals surface area contributed by atoms with Gasteiger partial charge in [-0.3, -0.25) is 0 Å². The molecule has 0 saturated heterocycles. The summed E-state index contributed by atoms with van der Waals surface area (Å²) in [5.74, 6) is 0. The third-order valence-electron chi connectivity index (χ3n) is 3.59. The topological polar surface area (TPSA) is 41.6 Å².